The molecule has 0 aromatic heterocycles. The molecule has 0 radical (unpaired) electrons. The van der Waals surface area contributed by atoms with Gasteiger partial charge in [0.05, 0.1) is 0 Å². The molecule has 0 amide bonds. The van der Waals surface area contributed by atoms with E-state index in [9.17, 15) is 0 Å². The molecule has 0 saturated carbocycles. The summed E-state index contributed by atoms with van der Waals surface area (Å²) in [5.41, 5.74) is 0.380. The highest BCUT2D eigenvalue weighted by molar-refractivity contribution is 5.00. The number of nitrogens with two attached hydrogens (primary N) is 1. The minimum atomic E-state index is 0.380. The van der Waals surface area contributed by atoms with Crippen LogP contribution in [0.3, 0.4) is 0 Å². The second-order valence-electron chi connectivity index (χ2n) is 4.25. The molecule has 0 unspecified atom stereocenters. The van der Waals surface area contributed by atoms with Crippen molar-refractivity contribution in [2.75, 3.05) is 0 Å². The van der Waals surface area contributed by atoms with Crippen LogP contribution in [0.15, 0.2) is 24.4 Å². The van der Waals surface area contributed by atoms with Crippen molar-refractivity contribution >= 4 is 0 Å². The van der Waals surface area contributed by atoms with Gasteiger partial charge in [0, 0.05) is 6.20 Å². The monoisotopic (exact) mass is 184 g/mol. The molecule has 0 aromatic rings. The van der Waals surface area contributed by atoms with E-state index in [4.69, 9.17) is 11.0 Å². The summed E-state index contributed by atoms with van der Waals surface area (Å²) >= 11 is 0. The van der Waals surface area contributed by atoms with E-state index in [0.717, 1.165) is 12.8 Å². The van der Waals surface area contributed by atoms with Crippen LogP contribution in [0, 0.1) is 5.41 Å². The van der Waals surface area contributed by atoms with E-state index in [2.05, 4.69) is 26.8 Å². The molecule has 3 N–H and O–H groups in total. The van der Waals surface area contributed by atoms with E-state index < -0.39 is 0 Å². The van der Waals surface area contributed by atoms with Crippen molar-refractivity contribution in [3.8, 4) is 0 Å². The number of nitrogens with zero attached hydrogens (tertiary/aromatic N) is 1. The van der Waals surface area contributed by atoms with Crippen molar-refractivity contribution < 1.29 is 5.21 Å². The normalized spacial score (nSPS) is 13.0. The maximum atomic E-state index is 8.53. The Hall–Kier alpha value is -0.800. The summed E-state index contributed by atoms with van der Waals surface area (Å²) in [5, 5.41) is 9.06. The summed E-state index contributed by atoms with van der Waals surface area (Å²) in [6.45, 7) is 6.64. The fourth-order valence-corrected chi connectivity index (χ4v) is 0.829. The predicted molar refractivity (Wildman–Crippen MR) is 54.8 cm³/mol. The van der Waals surface area contributed by atoms with Crippen molar-refractivity contribution in [1.29, 1.82) is 0 Å². The van der Waals surface area contributed by atoms with Gasteiger partial charge in [-0.05, 0) is 24.3 Å². The highest BCUT2D eigenvalue weighted by Gasteiger charge is 2.07. The number of rotatable bonds is 4. The number of allylic oxidation sites excluding steroid dienone is 3. The average molecular weight is 184 g/mol. The summed E-state index contributed by atoms with van der Waals surface area (Å²) < 4.78 is 0. The first kappa shape index (κ1) is 12.2. The van der Waals surface area contributed by atoms with E-state index in [1.54, 1.807) is 6.08 Å². The molecule has 0 fully saturated rings. The number of hydrazine groups is 1. The lowest BCUT2D eigenvalue weighted by atomic mass is 9.90. The lowest BCUT2D eigenvalue weighted by molar-refractivity contribution is -0.0420. The van der Waals surface area contributed by atoms with Crippen molar-refractivity contribution in [2.45, 2.75) is 33.6 Å². The number of hydrogen-bond donors (Lipinski definition) is 2. The molecule has 0 aliphatic heterocycles. The van der Waals surface area contributed by atoms with Crippen molar-refractivity contribution in [1.82, 2.24) is 5.17 Å². The van der Waals surface area contributed by atoms with Gasteiger partial charge >= 0.3 is 0 Å². The Morgan fingerprint density at radius 3 is 2.38 bits per heavy atom. The fraction of sp³-hybridized carbons (Fsp3) is 0.600. The highest BCUT2D eigenvalue weighted by Crippen LogP contribution is 2.20. The van der Waals surface area contributed by atoms with Gasteiger partial charge in [0.25, 0.3) is 0 Å². The van der Waals surface area contributed by atoms with Crippen molar-refractivity contribution in [2.24, 2.45) is 11.3 Å². The molecule has 3 heteroatoms. The van der Waals surface area contributed by atoms with Gasteiger partial charge < -0.3 is 0 Å². The molecule has 0 rings (SSSR count). The summed E-state index contributed by atoms with van der Waals surface area (Å²) in [6, 6.07) is 0. The van der Waals surface area contributed by atoms with Gasteiger partial charge in [-0.25, -0.2) is 5.84 Å². The fourth-order valence-electron chi connectivity index (χ4n) is 0.829. The Kier molecular flexibility index (Phi) is 5.42. The summed E-state index contributed by atoms with van der Waals surface area (Å²) in [7, 11) is 0. The van der Waals surface area contributed by atoms with Gasteiger partial charge in [-0.3, -0.25) is 5.21 Å². The maximum Gasteiger partial charge on any atom is 0.0456 e. The van der Waals surface area contributed by atoms with Gasteiger partial charge in [-0.1, -0.05) is 32.9 Å². The molecule has 76 valence electrons. The zero-order valence-corrected chi connectivity index (χ0v) is 8.70. The van der Waals surface area contributed by atoms with Crippen LogP contribution in [0.2, 0.25) is 0 Å². The third-order valence-electron chi connectivity index (χ3n) is 1.55. The molecule has 0 saturated heterocycles. The Morgan fingerprint density at radius 1 is 1.31 bits per heavy atom. The zero-order chi connectivity index (χ0) is 10.3. The van der Waals surface area contributed by atoms with E-state index in [-0.39, 0.29) is 0 Å². The van der Waals surface area contributed by atoms with E-state index in [0.29, 0.717) is 10.6 Å². The Balaban J connectivity index is 3.54. The van der Waals surface area contributed by atoms with Crippen LogP contribution in [0.25, 0.3) is 0 Å². The van der Waals surface area contributed by atoms with Gasteiger partial charge in [-0.15, -0.1) is 0 Å². The third kappa shape index (κ3) is 11.2. The topological polar surface area (TPSA) is 49.5 Å². The first-order chi connectivity index (χ1) is 5.92. The second-order valence-corrected chi connectivity index (χ2v) is 4.25. The molecular formula is C10H20N2O. The zero-order valence-electron chi connectivity index (χ0n) is 8.70. The van der Waals surface area contributed by atoms with E-state index in [1.165, 1.54) is 6.20 Å². The van der Waals surface area contributed by atoms with Gasteiger partial charge in [0.2, 0.25) is 0 Å². The smallest absolute Gasteiger partial charge is 0.0456 e. The third-order valence-corrected chi connectivity index (χ3v) is 1.55. The maximum absolute atomic E-state index is 8.53. The van der Waals surface area contributed by atoms with Crippen molar-refractivity contribution in [3.05, 3.63) is 24.4 Å². The largest absolute Gasteiger partial charge is 0.274 e. The molecule has 0 spiro atoms. The molecule has 3 nitrogen and oxygen atoms in total. The molecule has 0 heterocycles. The Bertz CT molecular complexity index is 178. The van der Waals surface area contributed by atoms with Crippen LogP contribution in [0.1, 0.15) is 33.6 Å². The first-order valence-corrected chi connectivity index (χ1v) is 4.48. The number of hydroxylamine groups is 1. The second kappa shape index (κ2) is 5.78. The lowest BCUT2D eigenvalue weighted by Gasteiger charge is -2.15. The highest BCUT2D eigenvalue weighted by atomic mass is 16.5. The molecular weight excluding hydrogens is 164 g/mol. The van der Waals surface area contributed by atoms with Crippen molar-refractivity contribution in [3.63, 3.8) is 0 Å². The van der Waals surface area contributed by atoms with Crippen LogP contribution in [-0.2, 0) is 0 Å². The quantitative estimate of drug-likeness (QED) is 0.401. The molecule has 0 aliphatic carbocycles. The molecule has 0 aliphatic rings. The molecule has 0 aromatic carbocycles. The minimum Gasteiger partial charge on any atom is -0.274 e. The molecule has 0 bridgehead atoms. The Morgan fingerprint density at radius 2 is 1.92 bits per heavy atom. The number of hydrogen-bond acceptors (Lipinski definition) is 3. The van der Waals surface area contributed by atoms with Gasteiger partial charge in [0.15, 0.2) is 0 Å². The van der Waals surface area contributed by atoms with Crippen LogP contribution in [-0.4, -0.2) is 10.4 Å². The minimum absolute atomic E-state index is 0.380. The average Bonchev–Trinajstić information content (AvgIpc) is 1.93. The van der Waals surface area contributed by atoms with Crippen LogP contribution in [0.4, 0.5) is 0 Å². The van der Waals surface area contributed by atoms with Gasteiger partial charge in [0.1, 0.15) is 0 Å². The molecule has 0 atom stereocenters. The van der Waals surface area contributed by atoms with Crippen LogP contribution >= 0.6 is 0 Å². The van der Waals surface area contributed by atoms with E-state index in [1.807, 2.05) is 6.08 Å². The first-order valence-electron chi connectivity index (χ1n) is 4.48. The lowest BCUT2D eigenvalue weighted by Crippen LogP contribution is -2.18. The van der Waals surface area contributed by atoms with Crippen LogP contribution in [0.5, 0.6) is 0 Å². The summed E-state index contributed by atoms with van der Waals surface area (Å²) in [6.07, 6.45) is 9.22. The predicted octanol–water partition coefficient (Wildman–Crippen LogP) is 2.45. The summed E-state index contributed by atoms with van der Waals surface area (Å²) in [5.74, 6) is 4.94. The molecule has 13 heavy (non-hydrogen) atoms. The van der Waals surface area contributed by atoms with Crippen LogP contribution < -0.4 is 5.84 Å². The standard InChI is InChI=1S/C10H20N2O/c1-10(2,3)8-6-4-5-7-9-12(11)13/h4-5,7,9,13H,6,8,11H2,1-3H3/b5-4-,9-7-. The van der Waals surface area contributed by atoms with Gasteiger partial charge in [-0.2, -0.15) is 5.17 Å². The SMILES string of the molecule is CC(C)(C)CC/C=C\C=C/N(N)O. The van der Waals surface area contributed by atoms with E-state index >= 15 is 0 Å². The summed E-state index contributed by atoms with van der Waals surface area (Å²) in [4.78, 5) is 0. The Labute approximate surface area is 80.5 Å².